The summed E-state index contributed by atoms with van der Waals surface area (Å²) < 4.78 is 0. The fourth-order valence-corrected chi connectivity index (χ4v) is 3.41. The molecule has 0 aromatic heterocycles. The first-order chi connectivity index (χ1) is 6.64. The van der Waals surface area contributed by atoms with E-state index in [0.717, 1.165) is 12.8 Å². The molecule has 2 atom stereocenters. The fourth-order valence-electron chi connectivity index (χ4n) is 3.41. The maximum absolute atomic E-state index is 10.8. The Bertz CT molecular complexity index is 258. The van der Waals surface area contributed by atoms with Crippen LogP contribution in [0.4, 0.5) is 0 Å². The summed E-state index contributed by atoms with van der Waals surface area (Å²) >= 11 is 0. The van der Waals surface area contributed by atoms with Crippen molar-refractivity contribution in [2.24, 2.45) is 22.5 Å². The molecule has 0 heterocycles. The highest BCUT2D eigenvalue weighted by Gasteiger charge is 2.45. The van der Waals surface area contributed by atoms with E-state index in [0.29, 0.717) is 0 Å². The zero-order chi connectivity index (χ0) is 11.9. The molecule has 0 aromatic rings. The topological polar surface area (TPSA) is 63.3 Å². The average Bonchev–Trinajstić information content (AvgIpc) is 1.93. The van der Waals surface area contributed by atoms with Gasteiger partial charge in [-0.05, 0) is 29.6 Å². The molecule has 1 saturated carbocycles. The molecule has 1 aliphatic carbocycles. The number of hydrogen-bond donors (Lipinski definition) is 2. The van der Waals surface area contributed by atoms with Gasteiger partial charge < -0.3 is 10.8 Å². The maximum Gasteiger partial charge on any atom is 0.303 e. The van der Waals surface area contributed by atoms with Crippen molar-refractivity contribution < 1.29 is 9.90 Å². The SMILES string of the molecule is CC1(C)CC(N)C(CC(=O)O)C(C)(C)C1. The number of carboxylic acid groups (broad SMARTS) is 1. The molecule has 0 aliphatic heterocycles. The van der Waals surface area contributed by atoms with Gasteiger partial charge in [-0.2, -0.15) is 0 Å². The van der Waals surface area contributed by atoms with Gasteiger partial charge in [-0.15, -0.1) is 0 Å². The molecule has 0 saturated heterocycles. The van der Waals surface area contributed by atoms with Crippen LogP contribution in [0.2, 0.25) is 0 Å². The molecule has 0 aromatic carbocycles. The predicted molar refractivity (Wildman–Crippen MR) is 60.5 cm³/mol. The summed E-state index contributed by atoms with van der Waals surface area (Å²) in [6.07, 6.45) is 2.17. The van der Waals surface area contributed by atoms with E-state index in [9.17, 15) is 4.79 Å². The third-order valence-electron chi connectivity index (χ3n) is 3.64. The van der Waals surface area contributed by atoms with Gasteiger partial charge in [0.05, 0.1) is 6.42 Å². The molecule has 3 N–H and O–H groups in total. The fraction of sp³-hybridized carbons (Fsp3) is 0.917. The molecule has 0 bridgehead atoms. The molecule has 0 spiro atoms. The summed E-state index contributed by atoms with van der Waals surface area (Å²) in [5.74, 6) is -0.633. The second-order valence-electron chi connectivity index (χ2n) is 6.40. The quantitative estimate of drug-likeness (QED) is 0.739. The van der Waals surface area contributed by atoms with Crippen molar-refractivity contribution in [1.29, 1.82) is 0 Å². The van der Waals surface area contributed by atoms with Crippen molar-refractivity contribution in [3.63, 3.8) is 0 Å². The minimum Gasteiger partial charge on any atom is -0.481 e. The van der Waals surface area contributed by atoms with E-state index >= 15 is 0 Å². The van der Waals surface area contributed by atoms with Crippen LogP contribution in [-0.2, 0) is 4.79 Å². The van der Waals surface area contributed by atoms with E-state index in [1.165, 1.54) is 0 Å². The molecule has 3 heteroatoms. The monoisotopic (exact) mass is 213 g/mol. The van der Waals surface area contributed by atoms with Gasteiger partial charge in [-0.3, -0.25) is 4.79 Å². The highest BCUT2D eigenvalue weighted by atomic mass is 16.4. The summed E-state index contributed by atoms with van der Waals surface area (Å²) in [5.41, 5.74) is 6.38. The second kappa shape index (κ2) is 3.78. The molecule has 0 radical (unpaired) electrons. The normalized spacial score (nSPS) is 33.7. The Hall–Kier alpha value is -0.570. The Balaban J connectivity index is 2.84. The van der Waals surface area contributed by atoms with Crippen LogP contribution in [0, 0.1) is 16.7 Å². The van der Waals surface area contributed by atoms with Crippen molar-refractivity contribution in [3.05, 3.63) is 0 Å². The molecule has 15 heavy (non-hydrogen) atoms. The summed E-state index contributed by atoms with van der Waals surface area (Å²) in [6, 6.07) is 0.0137. The Morgan fingerprint density at radius 2 is 1.93 bits per heavy atom. The highest BCUT2D eigenvalue weighted by Crippen LogP contribution is 2.49. The first-order valence-corrected chi connectivity index (χ1v) is 5.61. The first kappa shape index (κ1) is 12.5. The van der Waals surface area contributed by atoms with E-state index in [-0.39, 0.29) is 29.2 Å². The maximum atomic E-state index is 10.8. The molecule has 0 amide bonds. The van der Waals surface area contributed by atoms with Gasteiger partial charge in [0.15, 0.2) is 0 Å². The van der Waals surface area contributed by atoms with Crippen LogP contribution < -0.4 is 5.73 Å². The Kier molecular flexibility index (Phi) is 3.15. The number of aliphatic carboxylic acids is 1. The molecule has 2 unspecified atom stereocenters. The number of nitrogens with two attached hydrogens (primary N) is 1. The zero-order valence-electron chi connectivity index (χ0n) is 10.2. The summed E-state index contributed by atoms with van der Waals surface area (Å²) in [4.78, 5) is 10.8. The van der Waals surface area contributed by atoms with Gasteiger partial charge in [0, 0.05) is 6.04 Å². The van der Waals surface area contributed by atoms with Gasteiger partial charge in [-0.25, -0.2) is 0 Å². The molecule has 1 rings (SSSR count). The number of carbonyl (C=O) groups is 1. The van der Waals surface area contributed by atoms with Crippen LogP contribution in [0.1, 0.15) is 47.0 Å². The van der Waals surface area contributed by atoms with E-state index in [1.807, 2.05) is 0 Å². The van der Waals surface area contributed by atoms with E-state index in [1.54, 1.807) is 0 Å². The number of hydrogen-bond acceptors (Lipinski definition) is 2. The van der Waals surface area contributed by atoms with Crippen molar-refractivity contribution in [2.75, 3.05) is 0 Å². The summed E-state index contributed by atoms with van der Waals surface area (Å²) in [7, 11) is 0. The Morgan fingerprint density at radius 3 is 2.33 bits per heavy atom. The van der Waals surface area contributed by atoms with Crippen LogP contribution in [0.25, 0.3) is 0 Å². The van der Waals surface area contributed by atoms with Gasteiger partial charge >= 0.3 is 5.97 Å². The first-order valence-electron chi connectivity index (χ1n) is 5.61. The van der Waals surface area contributed by atoms with Crippen LogP contribution >= 0.6 is 0 Å². The number of carboxylic acids is 1. The Morgan fingerprint density at radius 1 is 1.40 bits per heavy atom. The second-order valence-corrected chi connectivity index (χ2v) is 6.40. The molecule has 1 fully saturated rings. The Labute approximate surface area is 92.0 Å². The minimum absolute atomic E-state index is 0.0137. The van der Waals surface area contributed by atoms with Crippen LogP contribution in [-0.4, -0.2) is 17.1 Å². The third-order valence-corrected chi connectivity index (χ3v) is 3.64. The lowest BCUT2D eigenvalue weighted by Crippen LogP contribution is -2.49. The summed E-state index contributed by atoms with van der Waals surface area (Å²) in [5, 5.41) is 8.89. The third kappa shape index (κ3) is 2.94. The van der Waals surface area contributed by atoms with E-state index < -0.39 is 5.97 Å². The van der Waals surface area contributed by atoms with Gasteiger partial charge in [0.2, 0.25) is 0 Å². The van der Waals surface area contributed by atoms with Crippen LogP contribution in [0.3, 0.4) is 0 Å². The van der Waals surface area contributed by atoms with E-state index in [4.69, 9.17) is 10.8 Å². The molecule has 1 aliphatic rings. The van der Waals surface area contributed by atoms with Crippen molar-refractivity contribution in [2.45, 2.75) is 53.0 Å². The molecule has 88 valence electrons. The zero-order valence-corrected chi connectivity index (χ0v) is 10.2. The smallest absolute Gasteiger partial charge is 0.303 e. The van der Waals surface area contributed by atoms with Gasteiger partial charge in [0.25, 0.3) is 0 Å². The molecular weight excluding hydrogens is 190 g/mol. The van der Waals surface area contributed by atoms with Crippen LogP contribution in [0.15, 0.2) is 0 Å². The lowest BCUT2D eigenvalue weighted by molar-refractivity contribution is -0.140. The lowest BCUT2D eigenvalue weighted by Gasteiger charge is -2.49. The summed E-state index contributed by atoms with van der Waals surface area (Å²) in [6.45, 7) is 8.71. The average molecular weight is 213 g/mol. The van der Waals surface area contributed by atoms with Gasteiger partial charge in [0.1, 0.15) is 0 Å². The lowest BCUT2D eigenvalue weighted by atomic mass is 9.57. The number of rotatable bonds is 2. The van der Waals surface area contributed by atoms with Gasteiger partial charge in [-0.1, -0.05) is 27.7 Å². The van der Waals surface area contributed by atoms with E-state index in [2.05, 4.69) is 27.7 Å². The standard InChI is InChI=1S/C12H23NO2/c1-11(2)6-9(13)8(5-10(14)15)12(3,4)7-11/h8-9H,5-7,13H2,1-4H3,(H,14,15). The van der Waals surface area contributed by atoms with Crippen molar-refractivity contribution in [1.82, 2.24) is 0 Å². The molecule has 3 nitrogen and oxygen atoms in total. The molecular formula is C12H23NO2. The van der Waals surface area contributed by atoms with Crippen molar-refractivity contribution >= 4 is 5.97 Å². The van der Waals surface area contributed by atoms with Crippen LogP contribution in [0.5, 0.6) is 0 Å². The largest absolute Gasteiger partial charge is 0.481 e. The predicted octanol–water partition coefficient (Wildman–Crippen LogP) is 2.25. The minimum atomic E-state index is -0.733. The van der Waals surface area contributed by atoms with Crippen molar-refractivity contribution in [3.8, 4) is 0 Å². The highest BCUT2D eigenvalue weighted by molar-refractivity contribution is 5.67.